The molecule has 0 bridgehead atoms. The van der Waals surface area contributed by atoms with Crippen molar-refractivity contribution >= 4 is 5.91 Å². The summed E-state index contributed by atoms with van der Waals surface area (Å²) in [5, 5.41) is 0. The molecule has 4 heteroatoms. The molecule has 0 aliphatic carbocycles. The molecule has 0 aromatic heterocycles. The summed E-state index contributed by atoms with van der Waals surface area (Å²) in [5.41, 5.74) is 7.72. The van der Waals surface area contributed by atoms with Crippen LogP contribution in [0.4, 0.5) is 0 Å². The van der Waals surface area contributed by atoms with Gasteiger partial charge in [0.2, 0.25) is 0 Å². The maximum atomic E-state index is 12.9. The smallest absolute Gasteiger partial charge is 0.254 e. The van der Waals surface area contributed by atoms with Crippen molar-refractivity contribution in [3.05, 3.63) is 35.4 Å². The summed E-state index contributed by atoms with van der Waals surface area (Å²) < 4.78 is 5.63. The van der Waals surface area contributed by atoms with Crippen LogP contribution in [0.15, 0.2) is 24.3 Å². The van der Waals surface area contributed by atoms with E-state index in [-0.39, 0.29) is 23.5 Å². The molecule has 2 unspecified atom stereocenters. The Hall–Kier alpha value is -1.39. The number of carbonyl (C=O) groups excluding carboxylic acids is 1. The van der Waals surface area contributed by atoms with Gasteiger partial charge in [-0.05, 0) is 24.0 Å². The number of hydrogen-bond acceptors (Lipinski definition) is 3. The van der Waals surface area contributed by atoms with E-state index < -0.39 is 0 Å². The largest absolute Gasteiger partial charge is 0.373 e. The molecule has 2 rings (SSSR count). The molecule has 4 nitrogen and oxygen atoms in total. The molecule has 116 valence electrons. The topological polar surface area (TPSA) is 55.6 Å². The Morgan fingerprint density at radius 2 is 2.05 bits per heavy atom. The first-order valence-corrected chi connectivity index (χ1v) is 7.56. The number of morpholine rings is 1. The SMILES string of the molecule is CC(N)C1CN(C(=O)c2ccccc2C(C)(C)C)CCO1. The standard InChI is InChI=1S/C17H26N2O2/c1-12(18)15-11-19(9-10-21-15)16(20)13-7-5-6-8-14(13)17(2,3)4/h5-8,12,15H,9-11,18H2,1-4H3. The number of nitrogens with two attached hydrogens (primary N) is 1. The summed E-state index contributed by atoms with van der Waals surface area (Å²) in [7, 11) is 0. The molecule has 1 saturated heterocycles. The van der Waals surface area contributed by atoms with Crippen LogP contribution >= 0.6 is 0 Å². The van der Waals surface area contributed by atoms with Crippen LogP contribution in [0.1, 0.15) is 43.6 Å². The molecule has 1 heterocycles. The van der Waals surface area contributed by atoms with Crippen LogP contribution in [0.3, 0.4) is 0 Å². The van der Waals surface area contributed by atoms with E-state index in [0.717, 1.165) is 11.1 Å². The average molecular weight is 290 g/mol. The monoisotopic (exact) mass is 290 g/mol. The third-order valence-corrected chi connectivity index (χ3v) is 3.93. The van der Waals surface area contributed by atoms with Crippen LogP contribution in [-0.2, 0) is 10.2 Å². The molecule has 1 aliphatic rings. The summed E-state index contributed by atoms with van der Waals surface area (Å²) in [5.74, 6) is 0.0782. The highest BCUT2D eigenvalue weighted by molar-refractivity contribution is 5.96. The highest BCUT2D eigenvalue weighted by Crippen LogP contribution is 2.27. The second-order valence-corrected chi connectivity index (χ2v) is 6.82. The van der Waals surface area contributed by atoms with Crippen molar-refractivity contribution in [3.63, 3.8) is 0 Å². The Morgan fingerprint density at radius 3 is 2.67 bits per heavy atom. The average Bonchev–Trinajstić information content (AvgIpc) is 2.45. The van der Waals surface area contributed by atoms with Crippen LogP contribution < -0.4 is 5.73 Å². The zero-order chi connectivity index (χ0) is 15.6. The van der Waals surface area contributed by atoms with Gasteiger partial charge in [-0.15, -0.1) is 0 Å². The van der Waals surface area contributed by atoms with E-state index in [0.29, 0.717) is 19.7 Å². The Kier molecular flexibility index (Phi) is 4.69. The first-order chi connectivity index (χ1) is 9.80. The lowest BCUT2D eigenvalue weighted by atomic mass is 9.83. The molecule has 1 aromatic carbocycles. The normalized spacial score (nSPS) is 21.2. The van der Waals surface area contributed by atoms with Crippen LogP contribution in [0.25, 0.3) is 0 Å². The molecule has 0 saturated carbocycles. The van der Waals surface area contributed by atoms with Gasteiger partial charge in [-0.1, -0.05) is 39.0 Å². The van der Waals surface area contributed by atoms with Gasteiger partial charge in [-0.25, -0.2) is 0 Å². The van der Waals surface area contributed by atoms with E-state index >= 15 is 0 Å². The van der Waals surface area contributed by atoms with Crippen LogP contribution in [0.2, 0.25) is 0 Å². The molecule has 1 aliphatic heterocycles. The molecule has 2 N–H and O–H groups in total. The molecule has 0 spiro atoms. The van der Waals surface area contributed by atoms with E-state index in [2.05, 4.69) is 20.8 Å². The number of rotatable bonds is 2. The lowest BCUT2D eigenvalue weighted by Crippen LogP contribution is -2.51. The Balaban J connectivity index is 2.24. The lowest BCUT2D eigenvalue weighted by molar-refractivity contribution is -0.0300. The molecule has 21 heavy (non-hydrogen) atoms. The van der Waals surface area contributed by atoms with Crippen LogP contribution in [0.5, 0.6) is 0 Å². The Labute approximate surface area is 127 Å². The second-order valence-electron chi connectivity index (χ2n) is 6.82. The minimum absolute atomic E-state index is 0.0564. The van der Waals surface area contributed by atoms with Crippen LogP contribution in [-0.4, -0.2) is 42.6 Å². The third kappa shape index (κ3) is 3.63. The minimum Gasteiger partial charge on any atom is -0.373 e. The Morgan fingerprint density at radius 1 is 1.38 bits per heavy atom. The van der Waals surface area contributed by atoms with Gasteiger partial charge >= 0.3 is 0 Å². The fourth-order valence-corrected chi connectivity index (χ4v) is 2.67. The number of ether oxygens (including phenoxy) is 1. The molecule has 1 fully saturated rings. The van der Waals surface area contributed by atoms with Crippen molar-refractivity contribution in [1.29, 1.82) is 0 Å². The van der Waals surface area contributed by atoms with Crippen molar-refractivity contribution < 1.29 is 9.53 Å². The minimum atomic E-state index is -0.0792. The van der Waals surface area contributed by atoms with Gasteiger partial charge in [0.25, 0.3) is 5.91 Å². The van der Waals surface area contributed by atoms with E-state index in [1.54, 1.807) is 0 Å². The molecule has 1 amide bonds. The van der Waals surface area contributed by atoms with Crippen molar-refractivity contribution in [2.75, 3.05) is 19.7 Å². The van der Waals surface area contributed by atoms with Gasteiger partial charge in [-0.2, -0.15) is 0 Å². The summed E-state index contributed by atoms with van der Waals surface area (Å²) in [4.78, 5) is 14.7. The molecule has 2 atom stereocenters. The second kappa shape index (κ2) is 6.16. The fourth-order valence-electron chi connectivity index (χ4n) is 2.67. The van der Waals surface area contributed by atoms with Crippen molar-refractivity contribution in [2.45, 2.75) is 45.3 Å². The summed E-state index contributed by atoms with van der Waals surface area (Å²) in [6.07, 6.45) is -0.0792. The van der Waals surface area contributed by atoms with Gasteiger partial charge < -0.3 is 15.4 Å². The van der Waals surface area contributed by atoms with E-state index in [9.17, 15) is 4.79 Å². The maximum absolute atomic E-state index is 12.9. The Bertz CT molecular complexity index is 506. The van der Waals surface area contributed by atoms with E-state index in [1.807, 2.05) is 36.1 Å². The molecule has 0 radical (unpaired) electrons. The van der Waals surface area contributed by atoms with Crippen LogP contribution in [0, 0.1) is 0 Å². The number of benzene rings is 1. The van der Waals surface area contributed by atoms with E-state index in [1.165, 1.54) is 0 Å². The molecule has 1 aromatic rings. The number of amides is 1. The quantitative estimate of drug-likeness (QED) is 0.908. The van der Waals surface area contributed by atoms with Gasteiger partial charge in [0.05, 0.1) is 12.7 Å². The third-order valence-electron chi connectivity index (χ3n) is 3.93. The van der Waals surface area contributed by atoms with Crippen molar-refractivity contribution in [1.82, 2.24) is 4.90 Å². The zero-order valence-electron chi connectivity index (χ0n) is 13.4. The fraction of sp³-hybridized carbons (Fsp3) is 0.588. The van der Waals surface area contributed by atoms with Gasteiger partial charge in [-0.3, -0.25) is 4.79 Å². The lowest BCUT2D eigenvalue weighted by Gasteiger charge is -2.35. The van der Waals surface area contributed by atoms with Gasteiger partial charge in [0, 0.05) is 24.7 Å². The first kappa shape index (κ1) is 16.0. The molecular weight excluding hydrogens is 264 g/mol. The number of nitrogens with zero attached hydrogens (tertiary/aromatic N) is 1. The van der Waals surface area contributed by atoms with Crippen molar-refractivity contribution in [2.24, 2.45) is 5.73 Å². The summed E-state index contributed by atoms with van der Waals surface area (Å²) in [6.45, 7) is 10.0. The predicted octanol–water partition coefficient (Wildman–Crippen LogP) is 2.17. The van der Waals surface area contributed by atoms with E-state index in [4.69, 9.17) is 10.5 Å². The highest BCUT2D eigenvalue weighted by Gasteiger charge is 2.29. The summed E-state index contributed by atoms with van der Waals surface area (Å²) >= 11 is 0. The zero-order valence-corrected chi connectivity index (χ0v) is 13.4. The molecular formula is C17H26N2O2. The predicted molar refractivity (Wildman–Crippen MR) is 84.4 cm³/mol. The first-order valence-electron chi connectivity index (χ1n) is 7.56. The summed E-state index contributed by atoms with van der Waals surface area (Å²) in [6, 6.07) is 7.79. The number of hydrogen-bond donors (Lipinski definition) is 1. The number of carbonyl (C=O) groups is 1. The highest BCUT2D eigenvalue weighted by atomic mass is 16.5. The van der Waals surface area contributed by atoms with Gasteiger partial charge in [0.15, 0.2) is 0 Å². The van der Waals surface area contributed by atoms with Gasteiger partial charge in [0.1, 0.15) is 0 Å². The van der Waals surface area contributed by atoms with Crippen molar-refractivity contribution in [3.8, 4) is 0 Å². The maximum Gasteiger partial charge on any atom is 0.254 e.